The van der Waals surface area contributed by atoms with Crippen LogP contribution in [0.4, 0.5) is 4.39 Å². The van der Waals surface area contributed by atoms with Gasteiger partial charge in [0.1, 0.15) is 12.4 Å². The van der Waals surface area contributed by atoms with Crippen molar-refractivity contribution < 1.29 is 13.9 Å². The molecule has 3 nitrogen and oxygen atoms in total. The summed E-state index contributed by atoms with van der Waals surface area (Å²) in [7, 11) is 0. The van der Waals surface area contributed by atoms with Crippen LogP contribution in [0.15, 0.2) is 71.2 Å². The normalized spacial score (nSPS) is 11.0. The third kappa shape index (κ3) is 5.69. The lowest BCUT2D eigenvalue weighted by molar-refractivity contribution is 0.269. The Morgan fingerprint density at radius 2 is 1.83 bits per heavy atom. The Balaban J connectivity index is 1.84. The van der Waals surface area contributed by atoms with Crippen molar-refractivity contribution in [1.82, 2.24) is 0 Å². The van der Waals surface area contributed by atoms with Gasteiger partial charge in [0, 0.05) is 4.47 Å². The molecule has 0 saturated carbocycles. The van der Waals surface area contributed by atoms with Crippen molar-refractivity contribution in [2.75, 3.05) is 6.61 Å². The summed E-state index contributed by atoms with van der Waals surface area (Å²) >= 11 is 3.42. The second-order valence-corrected chi connectivity index (χ2v) is 7.15. The van der Waals surface area contributed by atoms with Crippen LogP contribution in [0, 0.1) is 17.1 Å². The average molecular weight is 452 g/mol. The lowest BCUT2D eigenvalue weighted by atomic mass is 10.0. The molecule has 0 atom stereocenters. The molecule has 29 heavy (non-hydrogen) atoms. The molecule has 0 aliphatic rings. The van der Waals surface area contributed by atoms with Crippen LogP contribution in [-0.2, 0) is 6.61 Å². The van der Waals surface area contributed by atoms with Gasteiger partial charge < -0.3 is 9.47 Å². The third-order valence-corrected chi connectivity index (χ3v) is 4.67. The Kier molecular flexibility index (Phi) is 7.04. The van der Waals surface area contributed by atoms with Crippen molar-refractivity contribution in [3.63, 3.8) is 0 Å². The van der Waals surface area contributed by atoms with Crippen LogP contribution in [0.25, 0.3) is 11.6 Å². The van der Waals surface area contributed by atoms with E-state index in [1.54, 1.807) is 18.2 Å². The minimum atomic E-state index is -0.379. The second-order valence-electron chi connectivity index (χ2n) is 6.23. The maximum Gasteiger partial charge on any atom is 0.161 e. The number of ether oxygens (including phenoxy) is 2. The van der Waals surface area contributed by atoms with E-state index in [0.29, 0.717) is 35.8 Å². The standard InChI is InChI=1S/C24H19BrFNO2/c1-2-28-24-13-18(12-20(15-27)19-4-3-5-22(26)14-19)8-11-23(24)29-16-17-6-9-21(25)10-7-17/h3-14H,2,16H2,1H3/b20-12-. The zero-order chi connectivity index (χ0) is 20.6. The molecule has 146 valence electrons. The maximum absolute atomic E-state index is 13.5. The number of hydrogen-bond acceptors (Lipinski definition) is 3. The van der Waals surface area contributed by atoms with E-state index in [-0.39, 0.29) is 5.82 Å². The molecule has 5 heteroatoms. The van der Waals surface area contributed by atoms with Crippen molar-refractivity contribution in [3.8, 4) is 17.6 Å². The minimum absolute atomic E-state index is 0.371. The summed E-state index contributed by atoms with van der Waals surface area (Å²) in [6.45, 7) is 2.79. The number of halogens is 2. The first-order valence-corrected chi connectivity index (χ1v) is 9.90. The Morgan fingerprint density at radius 3 is 2.52 bits per heavy atom. The molecule has 0 radical (unpaired) electrons. The number of hydrogen-bond donors (Lipinski definition) is 0. The van der Waals surface area contributed by atoms with Gasteiger partial charge in [-0.3, -0.25) is 0 Å². The summed E-state index contributed by atoms with van der Waals surface area (Å²) in [5.41, 5.74) is 2.71. The van der Waals surface area contributed by atoms with E-state index >= 15 is 0 Å². The highest BCUT2D eigenvalue weighted by atomic mass is 79.9. The van der Waals surface area contributed by atoms with Crippen LogP contribution in [0.3, 0.4) is 0 Å². The largest absolute Gasteiger partial charge is 0.490 e. The summed E-state index contributed by atoms with van der Waals surface area (Å²) < 4.78 is 26.2. The summed E-state index contributed by atoms with van der Waals surface area (Å²) in [6, 6.07) is 21.5. The fourth-order valence-electron chi connectivity index (χ4n) is 2.75. The summed E-state index contributed by atoms with van der Waals surface area (Å²) in [5, 5.41) is 9.49. The van der Waals surface area contributed by atoms with Gasteiger partial charge in [-0.05, 0) is 66.1 Å². The first-order chi connectivity index (χ1) is 14.1. The SMILES string of the molecule is CCOc1cc(/C=C(/C#N)c2cccc(F)c2)ccc1OCc1ccc(Br)cc1. The first kappa shape index (κ1) is 20.6. The van der Waals surface area contributed by atoms with E-state index < -0.39 is 0 Å². The number of nitriles is 1. The van der Waals surface area contributed by atoms with Crippen molar-refractivity contribution in [1.29, 1.82) is 5.26 Å². The number of allylic oxidation sites excluding steroid dienone is 1. The molecule has 0 spiro atoms. The lowest BCUT2D eigenvalue weighted by Crippen LogP contribution is -2.00. The van der Waals surface area contributed by atoms with Crippen LogP contribution >= 0.6 is 15.9 Å². The van der Waals surface area contributed by atoms with Crippen LogP contribution < -0.4 is 9.47 Å². The fourth-order valence-corrected chi connectivity index (χ4v) is 3.01. The average Bonchev–Trinajstić information content (AvgIpc) is 2.73. The Hall–Kier alpha value is -3.10. The van der Waals surface area contributed by atoms with Crippen LogP contribution in [0.1, 0.15) is 23.6 Å². The summed E-state index contributed by atoms with van der Waals surface area (Å²) in [4.78, 5) is 0. The molecule has 0 heterocycles. The first-order valence-electron chi connectivity index (χ1n) is 9.11. The predicted octanol–water partition coefficient (Wildman–Crippen LogP) is 6.63. The van der Waals surface area contributed by atoms with Crippen molar-refractivity contribution in [3.05, 3.63) is 93.7 Å². The Labute approximate surface area is 178 Å². The maximum atomic E-state index is 13.5. The molecule has 0 bridgehead atoms. The van der Waals surface area contributed by atoms with Gasteiger partial charge in [-0.2, -0.15) is 5.26 Å². The molecule has 0 aromatic heterocycles. The van der Waals surface area contributed by atoms with Gasteiger partial charge in [-0.15, -0.1) is 0 Å². The van der Waals surface area contributed by atoms with Gasteiger partial charge in [0.15, 0.2) is 11.5 Å². The molecule has 3 aromatic carbocycles. The number of rotatable bonds is 7. The Morgan fingerprint density at radius 1 is 1.03 bits per heavy atom. The van der Waals surface area contributed by atoms with Crippen LogP contribution in [-0.4, -0.2) is 6.61 Å². The van der Waals surface area contributed by atoms with Gasteiger partial charge in [0.05, 0.1) is 18.2 Å². The monoisotopic (exact) mass is 451 g/mol. The molecule has 0 fully saturated rings. The molecular weight excluding hydrogens is 433 g/mol. The zero-order valence-corrected chi connectivity index (χ0v) is 17.4. The predicted molar refractivity (Wildman–Crippen MR) is 116 cm³/mol. The number of benzene rings is 3. The van der Waals surface area contributed by atoms with Gasteiger partial charge in [0.25, 0.3) is 0 Å². The smallest absolute Gasteiger partial charge is 0.161 e. The van der Waals surface area contributed by atoms with E-state index in [0.717, 1.165) is 15.6 Å². The molecule has 0 aliphatic heterocycles. The van der Waals surface area contributed by atoms with Crippen molar-refractivity contribution >= 4 is 27.6 Å². The highest BCUT2D eigenvalue weighted by Crippen LogP contribution is 2.31. The number of nitrogens with zero attached hydrogens (tertiary/aromatic N) is 1. The van der Waals surface area contributed by atoms with Crippen molar-refractivity contribution in [2.24, 2.45) is 0 Å². The Bertz CT molecular complexity index is 1060. The molecular formula is C24H19BrFNO2. The van der Waals surface area contributed by atoms with Crippen molar-refractivity contribution in [2.45, 2.75) is 13.5 Å². The van der Waals surface area contributed by atoms with E-state index in [2.05, 4.69) is 22.0 Å². The molecule has 3 aromatic rings. The topological polar surface area (TPSA) is 42.2 Å². The van der Waals surface area contributed by atoms with E-state index in [1.807, 2.05) is 49.4 Å². The second kappa shape index (κ2) is 9.90. The molecule has 0 amide bonds. The van der Waals surface area contributed by atoms with Crippen LogP contribution in [0.2, 0.25) is 0 Å². The third-order valence-electron chi connectivity index (χ3n) is 4.14. The fraction of sp³-hybridized carbons (Fsp3) is 0.125. The van der Waals surface area contributed by atoms with Gasteiger partial charge in [-0.25, -0.2) is 4.39 Å². The van der Waals surface area contributed by atoms with Gasteiger partial charge in [-0.1, -0.05) is 46.3 Å². The van der Waals surface area contributed by atoms with Gasteiger partial charge >= 0.3 is 0 Å². The quantitative estimate of drug-likeness (QED) is 0.299. The molecule has 0 N–H and O–H groups in total. The van der Waals surface area contributed by atoms with E-state index in [1.165, 1.54) is 12.1 Å². The van der Waals surface area contributed by atoms with E-state index in [4.69, 9.17) is 9.47 Å². The zero-order valence-electron chi connectivity index (χ0n) is 15.9. The highest BCUT2D eigenvalue weighted by Gasteiger charge is 2.08. The van der Waals surface area contributed by atoms with Crippen LogP contribution in [0.5, 0.6) is 11.5 Å². The van der Waals surface area contributed by atoms with E-state index in [9.17, 15) is 9.65 Å². The lowest BCUT2D eigenvalue weighted by Gasteiger charge is -2.13. The molecule has 3 rings (SSSR count). The summed E-state index contributed by atoms with van der Waals surface area (Å²) in [5.74, 6) is 0.835. The highest BCUT2D eigenvalue weighted by molar-refractivity contribution is 9.10. The molecule has 0 saturated heterocycles. The minimum Gasteiger partial charge on any atom is -0.490 e. The molecule has 0 aliphatic carbocycles. The van der Waals surface area contributed by atoms with Gasteiger partial charge in [0.2, 0.25) is 0 Å². The summed E-state index contributed by atoms with van der Waals surface area (Å²) in [6.07, 6.45) is 1.70. The molecule has 0 unspecified atom stereocenters.